The monoisotopic (exact) mass is 241 g/mol. The molecule has 0 bridgehead atoms. The van der Waals surface area contributed by atoms with Crippen molar-refractivity contribution in [2.75, 3.05) is 18.0 Å². The van der Waals surface area contributed by atoms with Gasteiger partial charge in [-0.15, -0.1) is 0 Å². The number of aromatic nitrogens is 4. The lowest BCUT2D eigenvalue weighted by molar-refractivity contribution is 0.704. The van der Waals surface area contributed by atoms with Crippen LogP contribution in [0.1, 0.15) is 23.9 Å². The number of hydrogen-bond acceptors (Lipinski definition) is 5. The molecule has 1 aliphatic rings. The molecule has 1 saturated heterocycles. The van der Waals surface area contributed by atoms with Crippen molar-refractivity contribution >= 4 is 5.69 Å². The van der Waals surface area contributed by atoms with Crippen molar-refractivity contribution in [3.8, 4) is 0 Å². The van der Waals surface area contributed by atoms with Gasteiger partial charge in [0, 0.05) is 30.9 Å². The summed E-state index contributed by atoms with van der Waals surface area (Å²) < 4.78 is 0. The fourth-order valence-electron chi connectivity index (χ4n) is 2.33. The molecule has 92 valence electrons. The summed E-state index contributed by atoms with van der Waals surface area (Å²) in [5.74, 6) is 1.36. The van der Waals surface area contributed by atoms with Gasteiger partial charge in [-0.2, -0.15) is 0 Å². The Balaban J connectivity index is 1.76. The van der Waals surface area contributed by atoms with Crippen LogP contribution in [0.2, 0.25) is 0 Å². The second-order valence-corrected chi connectivity index (χ2v) is 4.58. The third kappa shape index (κ3) is 2.16. The van der Waals surface area contributed by atoms with Gasteiger partial charge in [-0.25, -0.2) is 19.9 Å². The van der Waals surface area contributed by atoms with Gasteiger partial charge >= 0.3 is 0 Å². The maximum atomic E-state index is 4.51. The molecule has 3 heterocycles. The summed E-state index contributed by atoms with van der Waals surface area (Å²) in [6.45, 7) is 3.95. The third-order valence-electron chi connectivity index (χ3n) is 3.28. The van der Waals surface area contributed by atoms with Crippen molar-refractivity contribution in [2.45, 2.75) is 19.3 Å². The van der Waals surface area contributed by atoms with Crippen molar-refractivity contribution in [1.29, 1.82) is 0 Å². The van der Waals surface area contributed by atoms with Gasteiger partial charge in [-0.05, 0) is 19.4 Å². The van der Waals surface area contributed by atoms with Gasteiger partial charge in [0.1, 0.15) is 12.2 Å². The topological polar surface area (TPSA) is 54.8 Å². The van der Waals surface area contributed by atoms with Gasteiger partial charge in [0.2, 0.25) is 0 Å². The molecule has 0 aromatic carbocycles. The zero-order valence-corrected chi connectivity index (χ0v) is 10.3. The van der Waals surface area contributed by atoms with Crippen LogP contribution in [-0.2, 0) is 0 Å². The smallest absolute Gasteiger partial charge is 0.133 e. The number of hydrogen-bond donors (Lipinski definition) is 0. The van der Waals surface area contributed by atoms with Crippen molar-refractivity contribution in [3.63, 3.8) is 0 Å². The summed E-state index contributed by atoms with van der Waals surface area (Å²) in [5, 5.41) is 0. The Kier molecular flexibility index (Phi) is 2.88. The highest BCUT2D eigenvalue weighted by molar-refractivity contribution is 5.43. The average molecular weight is 241 g/mol. The molecule has 5 heteroatoms. The van der Waals surface area contributed by atoms with E-state index in [1.807, 2.05) is 31.6 Å². The Bertz CT molecular complexity index is 528. The third-order valence-corrected chi connectivity index (χ3v) is 3.28. The lowest BCUT2D eigenvalue weighted by Gasteiger charge is -2.17. The summed E-state index contributed by atoms with van der Waals surface area (Å²) in [7, 11) is 0. The molecule has 1 fully saturated rings. The molecule has 0 N–H and O–H groups in total. The predicted molar refractivity (Wildman–Crippen MR) is 68.4 cm³/mol. The van der Waals surface area contributed by atoms with Crippen LogP contribution in [0.5, 0.6) is 0 Å². The molecule has 2 aromatic rings. The van der Waals surface area contributed by atoms with Gasteiger partial charge in [0.05, 0.1) is 18.1 Å². The Hall–Kier alpha value is -2.04. The van der Waals surface area contributed by atoms with Gasteiger partial charge < -0.3 is 4.90 Å². The van der Waals surface area contributed by atoms with Gasteiger partial charge in [-0.1, -0.05) is 0 Å². The van der Waals surface area contributed by atoms with E-state index in [-0.39, 0.29) is 0 Å². The van der Waals surface area contributed by atoms with Crippen LogP contribution in [-0.4, -0.2) is 33.0 Å². The average Bonchev–Trinajstić information content (AvgIpc) is 2.89. The van der Waals surface area contributed by atoms with Crippen molar-refractivity contribution in [2.24, 2.45) is 0 Å². The minimum Gasteiger partial charge on any atom is -0.368 e. The van der Waals surface area contributed by atoms with Gasteiger partial charge in [-0.3, -0.25) is 0 Å². The molecule has 18 heavy (non-hydrogen) atoms. The summed E-state index contributed by atoms with van der Waals surface area (Å²) in [6, 6.07) is 1.93. The van der Waals surface area contributed by atoms with Crippen LogP contribution >= 0.6 is 0 Å². The van der Waals surface area contributed by atoms with E-state index in [2.05, 4.69) is 24.8 Å². The molecule has 5 nitrogen and oxygen atoms in total. The lowest BCUT2D eigenvalue weighted by Crippen LogP contribution is -2.20. The largest absolute Gasteiger partial charge is 0.368 e. The molecule has 0 spiro atoms. The second kappa shape index (κ2) is 4.68. The summed E-state index contributed by atoms with van der Waals surface area (Å²) in [5.41, 5.74) is 2.11. The van der Waals surface area contributed by atoms with Crippen LogP contribution in [0.3, 0.4) is 0 Å². The normalized spacial score (nSPS) is 19.2. The van der Waals surface area contributed by atoms with E-state index >= 15 is 0 Å². The highest BCUT2D eigenvalue weighted by atomic mass is 15.2. The number of nitrogens with zero attached hydrogens (tertiary/aromatic N) is 5. The molecule has 0 radical (unpaired) electrons. The first-order chi connectivity index (χ1) is 8.83. The summed E-state index contributed by atoms with van der Waals surface area (Å²) in [4.78, 5) is 19.3. The maximum absolute atomic E-state index is 4.51. The van der Waals surface area contributed by atoms with Crippen LogP contribution in [0, 0.1) is 6.92 Å². The molecule has 0 aliphatic carbocycles. The van der Waals surface area contributed by atoms with Crippen molar-refractivity contribution in [1.82, 2.24) is 19.9 Å². The second-order valence-electron chi connectivity index (χ2n) is 4.58. The van der Waals surface area contributed by atoms with Crippen LogP contribution in [0.25, 0.3) is 0 Å². The Morgan fingerprint density at radius 2 is 2.11 bits per heavy atom. The quantitative estimate of drug-likeness (QED) is 0.798. The van der Waals surface area contributed by atoms with Crippen molar-refractivity contribution in [3.05, 3.63) is 42.5 Å². The highest BCUT2D eigenvalue weighted by Gasteiger charge is 2.26. The van der Waals surface area contributed by atoms with Gasteiger partial charge in [0.15, 0.2) is 0 Å². The van der Waals surface area contributed by atoms with Crippen LogP contribution in [0.4, 0.5) is 5.69 Å². The van der Waals surface area contributed by atoms with Crippen molar-refractivity contribution < 1.29 is 0 Å². The predicted octanol–water partition coefficient (Wildman–Crippen LogP) is 1.57. The number of aryl methyl sites for hydroxylation is 1. The molecule has 1 atom stereocenters. The molecule has 0 amide bonds. The number of anilines is 1. The summed E-state index contributed by atoms with van der Waals surface area (Å²) in [6.07, 6.45) is 8.18. The van der Waals surface area contributed by atoms with E-state index in [0.717, 1.165) is 36.7 Å². The van der Waals surface area contributed by atoms with Crippen LogP contribution < -0.4 is 4.90 Å². The molecule has 1 aliphatic heterocycles. The zero-order chi connectivity index (χ0) is 12.4. The zero-order valence-electron chi connectivity index (χ0n) is 10.3. The maximum Gasteiger partial charge on any atom is 0.133 e. The minimum atomic E-state index is 0.408. The number of rotatable bonds is 2. The fourth-order valence-corrected chi connectivity index (χ4v) is 2.33. The van der Waals surface area contributed by atoms with E-state index in [0.29, 0.717) is 5.92 Å². The summed E-state index contributed by atoms with van der Waals surface area (Å²) >= 11 is 0. The van der Waals surface area contributed by atoms with E-state index < -0.39 is 0 Å². The van der Waals surface area contributed by atoms with E-state index in [9.17, 15) is 0 Å². The Morgan fingerprint density at radius 1 is 1.28 bits per heavy atom. The SMILES string of the molecule is Cc1ccnc([C@H]2CCN(c3cncnc3)C2)n1. The van der Waals surface area contributed by atoms with Gasteiger partial charge in [0.25, 0.3) is 0 Å². The first-order valence-electron chi connectivity index (χ1n) is 6.12. The lowest BCUT2D eigenvalue weighted by atomic mass is 10.1. The molecular weight excluding hydrogens is 226 g/mol. The molecule has 2 aromatic heterocycles. The molecule has 0 unspecified atom stereocenters. The fraction of sp³-hybridized carbons (Fsp3) is 0.385. The van der Waals surface area contributed by atoms with E-state index in [1.165, 1.54) is 0 Å². The van der Waals surface area contributed by atoms with E-state index in [4.69, 9.17) is 0 Å². The Morgan fingerprint density at radius 3 is 2.89 bits per heavy atom. The molecule has 0 saturated carbocycles. The molecule has 3 rings (SSSR count). The first kappa shape index (κ1) is 11.1. The first-order valence-corrected chi connectivity index (χ1v) is 6.12. The van der Waals surface area contributed by atoms with Crippen LogP contribution in [0.15, 0.2) is 31.0 Å². The Labute approximate surface area is 106 Å². The minimum absolute atomic E-state index is 0.408. The standard InChI is InChI=1S/C13H15N5/c1-10-2-4-16-13(17-10)11-3-5-18(8-11)12-6-14-9-15-7-12/h2,4,6-7,9,11H,3,5,8H2,1H3/t11-/m0/s1. The van der Waals surface area contributed by atoms with E-state index in [1.54, 1.807) is 6.33 Å². The molecular formula is C13H15N5. The highest BCUT2D eigenvalue weighted by Crippen LogP contribution is 2.27.